The molecule has 1 aromatic carbocycles. The highest BCUT2D eigenvalue weighted by Gasteiger charge is 2.10. The molecule has 108 valence electrons. The molecule has 5 nitrogen and oxygen atoms in total. The topological polar surface area (TPSA) is 71.1 Å². The van der Waals surface area contributed by atoms with Crippen LogP contribution in [-0.4, -0.2) is 23.8 Å². The molecule has 0 atom stereocenters. The number of hydrogen-bond donors (Lipinski definition) is 2. The second-order valence-corrected chi connectivity index (χ2v) is 5.24. The summed E-state index contributed by atoms with van der Waals surface area (Å²) in [6.07, 6.45) is 1.56. The van der Waals surface area contributed by atoms with Crippen LogP contribution in [0.5, 0.6) is 0 Å². The van der Waals surface area contributed by atoms with Gasteiger partial charge in [-0.2, -0.15) is 0 Å². The zero-order valence-electron chi connectivity index (χ0n) is 11.6. The van der Waals surface area contributed by atoms with Crippen LogP contribution in [0.4, 0.5) is 5.69 Å². The normalized spacial score (nSPS) is 10.0. The number of benzene rings is 1. The first-order chi connectivity index (χ1) is 10.0. The van der Waals surface area contributed by atoms with Crippen molar-refractivity contribution >= 4 is 33.4 Å². The average molecular weight is 348 g/mol. The zero-order valence-corrected chi connectivity index (χ0v) is 13.2. The second kappa shape index (κ2) is 6.49. The summed E-state index contributed by atoms with van der Waals surface area (Å²) in [5.41, 5.74) is 2.55. The van der Waals surface area contributed by atoms with E-state index in [9.17, 15) is 9.59 Å². The number of pyridine rings is 1. The van der Waals surface area contributed by atoms with Crippen molar-refractivity contribution in [2.24, 2.45) is 0 Å². The largest absolute Gasteiger partial charge is 0.355 e. The van der Waals surface area contributed by atoms with Gasteiger partial charge in [-0.15, -0.1) is 0 Å². The predicted molar refractivity (Wildman–Crippen MR) is 84.5 cm³/mol. The highest BCUT2D eigenvalue weighted by Crippen LogP contribution is 2.18. The quantitative estimate of drug-likeness (QED) is 0.838. The van der Waals surface area contributed by atoms with Crippen LogP contribution >= 0.6 is 15.9 Å². The van der Waals surface area contributed by atoms with E-state index in [0.717, 1.165) is 5.56 Å². The first-order valence-corrected chi connectivity index (χ1v) is 7.06. The molecule has 2 aromatic rings. The van der Waals surface area contributed by atoms with E-state index in [1.807, 2.05) is 6.92 Å². The van der Waals surface area contributed by atoms with Gasteiger partial charge < -0.3 is 10.6 Å². The highest BCUT2D eigenvalue weighted by molar-refractivity contribution is 9.10. The molecule has 0 aliphatic heterocycles. The zero-order chi connectivity index (χ0) is 15.4. The van der Waals surface area contributed by atoms with Gasteiger partial charge >= 0.3 is 0 Å². The molecule has 0 spiro atoms. The third-order valence-corrected chi connectivity index (χ3v) is 3.39. The van der Waals surface area contributed by atoms with Gasteiger partial charge in [-0.25, -0.2) is 4.98 Å². The van der Waals surface area contributed by atoms with Crippen LogP contribution in [-0.2, 0) is 0 Å². The number of carbonyl (C=O) groups excluding carboxylic acids is 2. The highest BCUT2D eigenvalue weighted by atomic mass is 79.9. The minimum Gasteiger partial charge on any atom is -0.355 e. The number of aromatic nitrogens is 1. The third-order valence-electron chi connectivity index (χ3n) is 2.95. The molecule has 0 fully saturated rings. The molecule has 1 aromatic heterocycles. The fourth-order valence-electron chi connectivity index (χ4n) is 1.83. The van der Waals surface area contributed by atoms with Crippen molar-refractivity contribution in [3.05, 3.63) is 57.8 Å². The molecule has 2 amide bonds. The van der Waals surface area contributed by atoms with E-state index in [1.165, 1.54) is 0 Å². The summed E-state index contributed by atoms with van der Waals surface area (Å²) in [7, 11) is 1.58. The van der Waals surface area contributed by atoms with Crippen molar-refractivity contribution in [1.29, 1.82) is 0 Å². The summed E-state index contributed by atoms with van der Waals surface area (Å²) < 4.78 is 0.599. The van der Waals surface area contributed by atoms with Crippen molar-refractivity contribution in [3.63, 3.8) is 0 Å². The standard InChI is InChI=1S/C15H14BrN3O2/c1-9-7-10(14(20)17-2)3-4-12(9)19-15(21)11-5-6-18-13(16)8-11/h3-8H,1-2H3,(H,17,20)(H,19,21). The van der Waals surface area contributed by atoms with E-state index in [2.05, 4.69) is 31.5 Å². The van der Waals surface area contributed by atoms with Gasteiger partial charge in [-0.05, 0) is 58.7 Å². The minimum absolute atomic E-state index is 0.158. The summed E-state index contributed by atoms with van der Waals surface area (Å²) in [5, 5.41) is 5.38. The molecule has 0 saturated carbocycles. The van der Waals surface area contributed by atoms with Crippen molar-refractivity contribution in [1.82, 2.24) is 10.3 Å². The van der Waals surface area contributed by atoms with Gasteiger partial charge in [-0.1, -0.05) is 0 Å². The number of anilines is 1. The Labute approximate surface area is 130 Å². The van der Waals surface area contributed by atoms with Gasteiger partial charge in [0.2, 0.25) is 0 Å². The molecule has 0 radical (unpaired) electrons. The second-order valence-electron chi connectivity index (χ2n) is 4.43. The summed E-state index contributed by atoms with van der Waals surface area (Å²) >= 11 is 3.23. The van der Waals surface area contributed by atoms with Crippen molar-refractivity contribution < 1.29 is 9.59 Å². The van der Waals surface area contributed by atoms with Gasteiger partial charge in [0, 0.05) is 30.1 Å². The monoisotopic (exact) mass is 347 g/mol. The molecule has 0 aliphatic rings. The Morgan fingerprint density at radius 3 is 2.43 bits per heavy atom. The van der Waals surface area contributed by atoms with Crippen LogP contribution < -0.4 is 10.6 Å². The van der Waals surface area contributed by atoms with Crippen LogP contribution in [0.3, 0.4) is 0 Å². The molecule has 2 rings (SSSR count). The van der Waals surface area contributed by atoms with Gasteiger partial charge in [0.15, 0.2) is 0 Å². The summed E-state index contributed by atoms with van der Waals surface area (Å²) in [5.74, 6) is -0.386. The number of nitrogens with one attached hydrogen (secondary N) is 2. The molecular weight excluding hydrogens is 334 g/mol. The van der Waals surface area contributed by atoms with Gasteiger partial charge in [0.05, 0.1) is 0 Å². The van der Waals surface area contributed by atoms with Crippen molar-refractivity contribution in [2.45, 2.75) is 6.92 Å². The van der Waals surface area contributed by atoms with Crippen LogP contribution in [0.1, 0.15) is 26.3 Å². The van der Waals surface area contributed by atoms with Gasteiger partial charge in [0.25, 0.3) is 11.8 Å². The number of amides is 2. The fraction of sp³-hybridized carbons (Fsp3) is 0.133. The lowest BCUT2D eigenvalue weighted by Crippen LogP contribution is -2.18. The van der Waals surface area contributed by atoms with E-state index < -0.39 is 0 Å². The average Bonchev–Trinajstić information content (AvgIpc) is 2.48. The van der Waals surface area contributed by atoms with E-state index in [4.69, 9.17) is 0 Å². The maximum absolute atomic E-state index is 12.2. The van der Waals surface area contributed by atoms with Crippen molar-refractivity contribution in [3.8, 4) is 0 Å². The number of halogens is 1. The fourth-order valence-corrected chi connectivity index (χ4v) is 2.19. The number of carbonyl (C=O) groups is 2. The van der Waals surface area contributed by atoms with Crippen LogP contribution in [0.15, 0.2) is 41.1 Å². The number of aryl methyl sites for hydroxylation is 1. The van der Waals surface area contributed by atoms with Gasteiger partial charge in [0.1, 0.15) is 4.60 Å². The molecular formula is C15H14BrN3O2. The Balaban J connectivity index is 2.20. The Bertz CT molecular complexity index is 701. The molecule has 6 heteroatoms. The smallest absolute Gasteiger partial charge is 0.255 e. The molecule has 0 aliphatic carbocycles. The van der Waals surface area contributed by atoms with E-state index in [-0.39, 0.29) is 11.8 Å². The maximum Gasteiger partial charge on any atom is 0.255 e. The molecule has 0 unspecified atom stereocenters. The van der Waals surface area contributed by atoms with Crippen molar-refractivity contribution in [2.75, 3.05) is 12.4 Å². The number of hydrogen-bond acceptors (Lipinski definition) is 3. The van der Waals surface area contributed by atoms with E-state index in [1.54, 1.807) is 43.6 Å². The van der Waals surface area contributed by atoms with Crippen LogP contribution in [0, 0.1) is 6.92 Å². The minimum atomic E-state index is -0.228. The summed E-state index contributed by atoms with van der Waals surface area (Å²) in [6, 6.07) is 8.40. The molecule has 0 bridgehead atoms. The predicted octanol–water partition coefficient (Wildman–Crippen LogP) is 2.76. The molecule has 1 heterocycles. The Morgan fingerprint density at radius 1 is 1.10 bits per heavy atom. The van der Waals surface area contributed by atoms with Crippen LogP contribution in [0.25, 0.3) is 0 Å². The lowest BCUT2D eigenvalue weighted by Gasteiger charge is -2.10. The molecule has 2 N–H and O–H groups in total. The molecule has 21 heavy (non-hydrogen) atoms. The Kier molecular flexibility index (Phi) is 4.70. The molecule has 0 saturated heterocycles. The Morgan fingerprint density at radius 2 is 1.81 bits per heavy atom. The summed E-state index contributed by atoms with van der Waals surface area (Å²) in [4.78, 5) is 27.7. The first-order valence-electron chi connectivity index (χ1n) is 6.27. The van der Waals surface area contributed by atoms with E-state index in [0.29, 0.717) is 21.4 Å². The number of rotatable bonds is 3. The summed E-state index contributed by atoms with van der Waals surface area (Å²) in [6.45, 7) is 1.84. The first kappa shape index (κ1) is 15.2. The van der Waals surface area contributed by atoms with Crippen LogP contribution in [0.2, 0.25) is 0 Å². The Hall–Kier alpha value is -2.21. The number of nitrogens with zero attached hydrogens (tertiary/aromatic N) is 1. The lowest BCUT2D eigenvalue weighted by molar-refractivity contribution is 0.0962. The van der Waals surface area contributed by atoms with Gasteiger partial charge in [-0.3, -0.25) is 9.59 Å². The third kappa shape index (κ3) is 3.66. The SMILES string of the molecule is CNC(=O)c1ccc(NC(=O)c2ccnc(Br)c2)c(C)c1. The maximum atomic E-state index is 12.2. The van der Waals surface area contributed by atoms with E-state index >= 15 is 0 Å². The lowest BCUT2D eigenvalue weighted by atomic mass is 10.1.